The van der Waals surface area contributed by atoms with Crippen LogP contribution in [0, 0.1) is 5.92 Å². The van der Waals surface area contributed by atoms with Crippen LogP contribution in [0.25, 0.3) is 0 Å². The molecule has 1 aromatic rings. The van der Waals surface area contributed by atoms with Crippen LogP contribution in [0.2, 0.25) is 10.0 Å². The molecule has 170 valence electrons. The first-order chi connectivity index (χ1) is 14.0. The Kier molecular flexibility index (Phi) is 13.7. The first-order valence-electron chi connectivity index (χ1n) is 10.4. The number of nitrogens with zero attached hydrogens (tertiary/aromatic N) is 2. The average Bonchev–Trinajstić information content (AvgIpc) is 2.71. The van der Waals surface area contributed by atoms with Crippen molar-refractivity contribution in [1.82, 2.24) is 15.5 Å². The smallest absolute Gasteiger partial charge is 0.220 e. The molecule has 1 heterocycles. The summed E-state index contributed by atoms with van der Waals surface area (Å²) in [4.78, 5) is 17.9. The Morgan fingerprint density at radius 3 is 2.43 bits per heavy atom. The number of nitrogens with one attached hydrogen (secondary N) is 2. The number of guanidine groups is 1. The quantitative estimate of drug-likeness (QED) is 0.174. The van der Waals surface area contributed by atoms with Crippen molar-refractivity contribution in [2.24, 2.45) is 16.6 Å². The maximum atomic E-state index is 11.2. The maximum absolute atomic E-state index is 11.2. The summed E-state index contributed by atoms with van der Waals surface area (Å²) in [6, 6.07) is 5.64. The van der Waals surface area contributed by atoms with Gasteiger partial charge in [0.25, 0.3) is 0 Å². The number of carbonyl (C=O) groups excluding carboxylic acids is 1. The molecule has 0 radical (unpaired) electrons. The largest absolute Gasteiger partial charge is 0.369 e. The number of piperidine rings is 1. The van der Waals surface area contributed by atoms with E-state index in [4.69, 9.17) is 28.9 Å². The first kappa shape index (κ1) is 27.3. The molecule has 0 aliphatic carbocycles. The van der Waals surface area contributed by atoms with Crippen molar-refractivity contribution in [2.75, 3.05) is 39.8 Å². The number of aliphatic imine (C=N–C) groups is 1. The minimum atomic E-state index is -0.149. The molecule has 0 unspecified atom stereocenters. The van der Waals surface area contributed by atoms with Gasteiger partial charge in [-0.1, -0.05) is 29.3 Å². The van der Waals surface area contributed by atoms with Crippen LogP contribution < -0.4 is 16.4 Å². The molecule has 0 bridgehead atoms. The second kappa shape index (κ2) is 15.1. The maximum Gasteiger partial charge on any atom is 0.220 e. The van der Waals surface area contributed by atoms with Gasteiger partial charge in [-0.15, -0.1) is 24.0 Å². The number of likely N-dealkylation sites (tertiary alicyclic amines) is 1. The highest BCUT2D eigenvalue weighted by molar-refractivity contribution is 14.0. The number of primary amides is 1. The molecule has 0 spiro atoms. The average molecular weight is 570 g/mol. The van der Waals surface area contributed by atoms with Crippen LogP contribution in [-0.2, 0) is 11.2 Å². The number of rotatable bonds is 10. The third-order valence-electron chi connectivity index (χ3n) is 5.34. The van der Waals surface area contributed by atoms with E-state index in [0.717, 1.165) is 87.8 Å². The number of aryl methyl sites for hydroxylation is 1. The van der Waals surface area contributed by atoms with Gasteiger partial charge in [0.2, 0.25) is 5.91 Å². The van der Waals surface area contributed by atoms with Gasteiger partial charge >= 0.3 is 0 Å². The number of hydrogen-bond acceptors (Lipinski definition) is 3. The van der Waals surface area contributed by atoms with Gasteiger partial charge in [0, 0.05) is 36.1 Å². The van der Waals surface area contributed by atoms with Gasteiger partial charge in [-0.05, 0) is 75.9 Å². The molecule has 1 aromatic carbocycles. The molecule has 2 rings (SSSR count). The fourth-order valence-corrected chi connectivity index (χ4v) is 4.04. The van der Waals surface area contributed by atoms with Crippen LogP contribution in [0.3, 0.4) is 0 Å². The van der Waals surface area contributed by atoms with Crippen LogP contribution in [0.4, 0.5) is 0 Å². The standard InChI is InChI=1S/C21H33Cl2N5O.HI/c1-25-21(27-11-4-5-16-6-7-18(22)15-19(16)23)26-10-2-3-12-28-13-8-17(9-14-28)20(24)29;/h6-7,15,17H,2-5,8-14H2,1H3,(H2,24,29)(H2,25,26,27);1H. The van der Waals surface area contributed by atoms with Crippen molar-refractivity contribution >= 4 is 59.0 Å². The fourth-order valence-electron chi connectivity index (χ4n) is 3.54. The van der Waals surface area contributed by atoms with Gasteiger partial charge in [-0.25, -0.2) is 0 Å². The lowest BCUT2D eigenvalue weighted by Gasteiger charge is -2.30. The normalized spacial score (nSPS) is 15.5. The van der Waals surface area contributed by atoms with E-state index in [2.05, 4.69) is 20.5 Å². The molecule has 1 aliphatic heterocycles. The van der Waals surface area contributed by atoms with Crippen molar-refractivity contribution < 1.29 is 4.79 Å². The van der Waals surface area contributed by atoms with E-state index in [-0.39, 0.29) is 35.8 Å². The van der Waals surface area contributed by atoms with Gasteiger partial charge in [0.05, 0.1) is 0 Å². The lowest BCUT2D eigenvalue weighted by atomic mass is 9.96. The number of amides is 1. The molecule has 1 aliphatic rings. The predicted octanol–water partition coefficient (Wildman–Crippen LogP) is 3.69. The second-order valence-electron chi connectivity index (χ2n) is 7.49. The topological polar surface area (TPSA) is 82.8 Å². The minimum Gasteiger partial charge on any atom is -0.369 e. The van der Waals surface area contributed by atoms with Crippen molar-refractivity contribution in [1.29, 1.82) is 0 Å². The van der Waals surface area contributed by atoms with Crippen LogP contribution in [0.1, 0.15) is 37.7 Å². The van der Waals surface area contributed by atoms with Crippen LogP contribution in [0.15, 0.2) is 23.2 Å². The lowest BCUT2D eigenvalue weighted by Crippen LogP contribution is -2.40. The zero-order valence-corrected chi connectivity index (χ0v) is 21.5. The number of halogens is 3. The van der Waals surface area contributed by atoms with Crippen molar-refractivity contribution in [3.8, 4) is 0 Å². The summed E-state index contributed by atoms with van der Waals surface area (Å²) < 4.78 is 0. The highest BCUT2D eigenvalue weighted by Gasteiger charge is 2.22. The van der Waals surface area contributed by atoms with Crippen molar-refractivity contribution in [3.05, 3.63) is 33.8 Å². The molecule has 30 heavy (non-hydrogen) atoms. The van der Waals surface area contributed by atoms with E-state index in [1.807, 2.05) is 12.1 Å². The first-order valence-corrected chi connectivity index (χ1v) is 11.2. The molecule has 6 nitrogen and oxygen atoms in total. The summed E-state index contributed by atoms with van der Waals surface area (Å²) in [5, 5.41) is 8.09. The van der Waals surface area contributed by atoms with Gasteiger partial charge < -0.3 is 21.3 Å². The molecule has 1 amide bonds. The molecule has 9 heteroatoms. The van der Waals surface area contributed by atoms with Gasteiger partial charge in [-0.2, -0.15) is 0 Å². The number of nitrogens with two attached hydrogens (primary N) is 1. The lowest BCUT2D eigenvalue weighted by molar-refractivity contribution is -0.123. The van der Waals surface area contributed by atoms with E-state index < -0.39 is 0 Å². The molecular weight excluding hydrogens is 536 g/mol. The Bertz CT molecular complexity index is 681. The summed E-state index contributed by atoms with van der Waals surface area (Å²) in [5.74, 6) is 0.747. The van der Waals surface area contributed by atoms with Gasteiger partial charge in [0.15, 0.2) is 5.96 Å². The summed E-state index contributed by atoms with van der Waals surface area (Å²) in [7, 11) is 1.79. The summed E-state index contributed by atoms with van der Waals surface area (Å²) in [6.07, 6.45) is 5.85. The van der Waals surface area contributed by atoms with Gasteiger partial charge in [-0.3, -0.25) is 9.79 Å². The highest BCUT2D eigenvalue weighted by atomic mass is 127. The summed E-state index contributed by atoms with van der Waals surface area (Å²) in [6.45, 7) is 4.73. The SMILES string of the molecule is CN=C(NCCCCN1CCC(C(N)=O)CC1)NCCCc1ccc(Cl)cc1Cl.I. The zero-order chi connectivity index (χ0) is 21.1. The van der Waals surface area contributed by atoms with Gasteiger partial charge in [0.1, 0.15) is 0 Å². The van der Waals surface area contributed by atoms with Crippen LogP contribution >= 0.6 is 47.2 Å². The number of carbonyl (C=O) groups is 1. The fraction of sp³-hybridized carbons (Fsp3) is 0.619. The van der Waals surface area contributed by atoms with E-state index in [9.17, 15) is 4.79 Å². The monoisotopic (exact) mass is 569 g/mol. The minimum absolute atomic E-state index is 0. The number of unbranched alkanes of at least 4 members (excludes halogenated alkanes) is 1. The molecule has 4 N–H and O–H groups in total. The van der Waals surface area contributed by atoms with E-state index >= 15 is 0 Å². The van der Waals surface area contributed by atoms with Crippen LogP contribution in [-0.4, -0.2) is 56.5 Å². The molecule has 1 fully saturated rings. The van der Waals surface area contributed by atoms with Crippen molar-refractivity contribution in [3.63, 3.8) is 0 Å². The summed E-state index contributed by atoms with van der Waals surface area (Å²) >= 11 is 12.1. The number of benzene rings is 1. The molecule has 1 saturated heterocycles. The third kappa shape index (κ3) is 10.0. The molecular formula is C21H34Cl2IN5O. The third-order valence-corrected chi connectivity index (χ3v) is 5.92. The molecule has 0 saturated carbocycles. The predicted molar refractivity (Wildman–Crippen MR) is 137 cm³/mol. The Hall–Kier alpha value is -0.770. The van der Waals surface area contributed by atoms with E-state index in [1.54, 1.807) is 13.1 Å². The Morgan fingerprint density at radius 2 is 1.83 bits per heavy atom. The molecule has 0 aromatic heterocycles. The zero-order valence-electron chi connectivity index (χ0n) is 17.6. The Morgan fingerprint density at radius 1 is 1.17 bits per heavy atom. The summed E-state index contributed by atoms with van der Waals surface area (Å²) in [5.41, 5.74) is 6.50. The molecule has 0 atom stereocenters. The Labute approximate surface area is 207 Å². The highest BCUT2D eigenvalue weighted by Crippen LogP contribution is 2.21. The second-order valence-corrected chi connectivity index (χ2v) is 8.33. The number of hydrogen-bond donors (Lipinski definition) is 3. The van der Waals surface area contributed by atoms with E-state index in [0.29, 0.717) is 5.02 Å². The van der Waals surface area contributed by atoms with Crippen molar-refractivity contribution in [2.45, 2.75) is 38.5 Å². The van der Waals surface area contributed by atoms with Crippen LogP contribution in [0.5, 0.6) is 0 Å². The van der Waals surface area contributed by atoms with E-state index in [1.165, 1.54) is 0 Å². The Balaban J connectivity index is 0.00000450.